The summed E-state index contributed by atoms with van der Waals surface area (Å²) in [6, 6.07) is 8.53. The van der Waals surface area contributed by atoms with E-state index in [-0.39, 0.29) is 5.60 Å². The first-order valence-electron chi connectivity index (χ1n) is 9.84. The zero-order valence-electron chi connectivity index (χ0n) is 16.7. The highest BCUT2D eigenvalue weighted by atomic mass is 35.5. The van der Waals surface area contributed by atoms with Gasteiger partial charge in [0, 0.05) is 17.7 Å². The lowest BCUT2D eigenvalue weighted by atomic mass is 9.68. The number of rotatable bonds is 8. The summed E-state index contributed by atoms with van der Waals surface area (Å²) in [6.45, 7) is 13.4. The molecule has 1 saturated heterocycles. The Kier molecular flexibility index (Phi) is 7.37. The number of hydrogen-bond donors (Lipinski definition) is 1. The Morgan fingerprint density at radius 1 is 1.12 bits per heavy atom. The van der Waals surface area contributed by atoms with Crippen LogP contribution >= 0.6 is 11.6 Å². The molecular formula is C22H36ClNO. The Morgan fingerprint density at radius 2 is 1.80 bits per heavy atom. The van der Waals surface area contributed by atoms with Gasteiger partial charge >= 0.3 is 0 Å². The molecule has 0 saturated carbocycles. The zero-order valence-corrected chi connectivity index (χ0v) is 17.5. The van der Waals surface area contributed by atoms with Gasteiger partial charge in [0.1, 0.15) is 0 Å². The van der Waals surface area contributed by atoms with Crippen molar-refractivity contribution in [1.29, 1.82) is 0 Å². The smallest absolute Gasteiger partial charge is 0.0631 e. The maximum Gasteiger partial charge on any atom is 0.0631 e. The van der Waals surface area contributed by atoms with Crippen LogP contribution in [-0.4, -0.2) is 18.8 Å². The molecule has 1 heterocycles. The second kappa shape index (κ2) is 8.88. The van der Waals surface area contributed by atoms with Crippen LogP contribution in [0.4, 0.5) is 0 Å². The molecule has 2 rings (SSSR count). The maximum atomic E-state index is 6.00. The molecule has 1 fully saturated rings. The highest BCUT2D eigenvalue weighted by molar-refractivity contribution is 6.30. The summed E-state index contributed by atoms with van der Waals surface area (Å²) in [4.78, 5) is 0. The van der Waals surface area contributed by atoms with Crippen LogP contribution in [0.15, 0.2) is 24.3 Å². The fraction of sp³-hybridized carbons (Fsp3) is 0.727. The van der Waals surface area contributed by atoms with E-state index < -0.39 is 0 Å². The second-order valence-corrected chi connectivity index (χ2v) is 9.38. The summed E-state index contributed by atoms with van der Waals surface area (Å²) in [6.07, 6.45) is 6.21. The second-order valence-electron chi connectivity index (χ2n) is 8.94. The minimum atomic E-state index is 0.0109. The van der Waals surface area contributed by atoms with Gasteiger partial charge in [0.2, 0.25) is 0 Å². The number of benzene rings is 1. The molecule has 0 radical (unpaired) electrons. The van der Waals surface area contributed by atoms with Gasteiger partial charge in [0.15, 0.2) is 0 Å². The lowest BCUT2D eigenvalue weighted by molar-refractivity contribution is -0.110. The molecule has 0 aromatic heterocycles. The molecule has 0 amide bonds. The third-order valence-corrected chi connectivity index (χ3v) is 5.91. The normalized spacial score (nSPS) is 24.4. The molecule has 3 heteroatoms. The molecule has 25 heavy (non-hydrogen) atoms. The van der Waals surface area contributed by atoms with E-state index in [9.17, 15) is 0 Å². The molecule has 0 aliphatic carbocycles. The Balaban J connectivity index is 1.93. The molecule has 142 valence electrons. The largest absolute Gasteiger partial charge is 0.376 e. The van der Waals surface area contributed by atoms with E-state index in [1.54, 1.807) is 0 Å². The number of nitrogens with one attached hydrogen (secondary N) is 1. The van der Waals surface area contributed by atoms with E-state index in [1.165, 1.54) is 37.7 Å². The van der Waals surface area contributed by atoms with Crippen molar-refractivity contribution in [3.05, 3.63) is 34.9 Å². The van der Waals surface area contributed by atoms with Crippen LogP contribution in [0.3, 0.4) is 0 Å². The quantitative estimate of drug-likeness (QED) is 0.576. The van der Waals surface area contributed by atoms with Crippen LogP contribution in [0.1, 0.15) is 78.3 Å². The standard InChI is InChI=1S/C22H36ClNO/c1-17(2)10-11-22(13-15-25-21(4,5)16-22)12-14-24-18(3)19-6-8-20(23)9-7-19/h6-9,17-18,24H,10-16H2,1-5H3/t18-,22-/m0/s1. The first kappa shape index (κ1) is 20.7. The highest BCUT2D eigenvalue weighted by Gasteiger charge is 2.40. The van der Waals surface area contributed by atoms with Crippen molar-refractivity contribution in [2.45, 2.75) is 78.4 Å². The van der Waals surface area contributed by atoms with Crippen molar-refractivity contribution in [2.24, 2.45) is 11.3 Å². The van der Waals surface area contributed by atoms with E-state index in [1.807, 2.05) is 12.1 Å². The summed E-state index contributed by atoms with van der Waals surface area (Å²) >= 11 is 6.00. The van der Waals surface area contributed by atoms with Gasteiger partial charge < -0.3 is 10.1 Å². The number of ether oxygens (including phenoxy) is 1. The molecule has 0 unspecified atom stereocenters. The van der Waals surface area contributed by atoms with Crippen LogP contribution in [0, 0.1) is 11.3 Å². The van der Waals surface area contributed by atoms with E-state index in [2.05, 4.69) is 52.1 Å². The van der Waals surface area contributed by atoms with Gasteiger partial charge in [0.05, 0.1) is 5.60 Å². The molecule has 1 aliphatic rings. The lowest BCUT2D eigenvalue weighted by Gasteiger charge is -2.46. The molecule has 1 aromatic carbocycles. The minimum Gasteiger partial charge on any atom is -0.376 e. The fourth-order valence-corrected chi connectivity index (χ4v) is 4.28. The van der Waals surface area contributed by atoms with Crippen molar-refractivity contribution in [2.75, 3.05) is 13.2 Å². The van der Waals surface area contributed by atoms with Crippen molar-refractivity contribution in [3.8, 4) is 0 Å². The van der Waals surface area contributed by atoms with E-state index in [0.29, 0.717) is 11.5 Å². The minimum absolute atomic E-state index is 0.0109. The third kappa shape index (κ3) is 6.58. The van der Waals surface area contributed by atoms with Crippen molar-refractivity contribution in [3.63, 3.8) is 0 Å². The Hall–Kier alpha value is -0.570. The van der Waals surface area contributed by atoms with Crippen LogP contribution in [0.5, 0.6) is 0 Å². The SMILES string of the molecule is CC(C)CC[C@]1(CCN[C@@H](C)c2ccc(Cl)cc2)CCOC(C)(C)C1. The fourth-order valence-electron chi connectivity index (χ4n) is 4.16. The Labute approximate surface area is 159 Å². The lowest BCUT2D eigenvalue weighted by Crippen LogP contribution is -2.43. The third-order valence-electron chi connectivity index (χ3n) is 5.65. The predicted molar refractivity (Wildman–Crippen MR) is 108 cm³/mol. The van der Waals surface area contributed by atoms with E-state index in [4.69, 9.17) is 16.3 Å². The molecule has 1 aliphatic heterocycles. The van der Waals surface area contributed by atoms with Crippen LogP contribution in [-0.2, 0) is 4.74 Å². The van der Waals surface area contributed by atoms with Crippen LogP contribution < -0.4 is 5.32 Å². The summed E-state index contributed by atoms with van der Waals surface area (Å²) in [7, 11) is 0. The summed E-state index contributed by atoms with van der Waals surface area (Å²) in [5.41, 5.74) is 1.73. The molecule has 0 bridgehead atoms. The molecule has 0 spiro atoms. The average Bonchev–Trinajstić information content (AvgIpc) is 2.53. The summed E-state index contributed by atoms with van der Waals surface area (Å²) < 4.78 is 6.00. The van der Waals surface area contributed by atoms with Gasteiger partial charge in [-0.05, 0) is 82.0 Å². The van der Waals surface area contributed by atoms with Gasteiger partial charge in [0.25, 0.3) is 0 Å². The highest BCUT2D eigenvalue weighted by Crippen LogP contribution is 2.45. The molecule has 1 aromatic rings. The molecule has 1 N–H and O–H groups in total. The molecular weight excluding hydrogens is 330 g/mol. The van der Waals surface area contributed by atoms with Crippen molar-refractivity contribution in [1.82, 2.24) is 5.32 Å². The van der Waals surface area contributed by atoms with Gasteiger partial charge in [-0.1, -0.05) is 44.0 Å². The monoisotopic (exact) mass is 365 g/mol. The van der Waals surface area contributed by atoms with Crippen molar-refractivity contribution < 1.29 is 4.74 Å². The van der Waals surface area contributed by atoms with Gasteiger partial charge in [-0.15, -0.1) is 0 Å². The van der Waals surface area contributed by atoms with E-state index >= 15 is 0 Å². The van der Waals surface area contributed by atoms with Gasteiger partial charge in [-0.2, -0.15) is 0 Å². The van der Waals surface area contributed by atoms with Gasteiger partial charge in [-0.25, -0.2) is 0 Å². The first-order valence-corrected chi connectivity index (χ1v) is 10.2. The first-order chi connectivity index (χ1) is 11.7. The zero-order chi connectivity index (χ0) is 18.5. The Morgan fingerprint density at radius 3 is 2.40 bits per heavy atom. The van der Waals surface area contributed by atoms with E-state index in [0.717, 1.165) is 24.1 Å². The molecule has 2 nitrogen and oxygen atoms in total. The number of hydrogen-bond acceptors (Lipinski definition) is 2. The van der Waals surface area contributed by atoms with Crippen molar-refractivity contribution >= 4 is 11.6 Å². The average molecular weight is 366 g/mol. The predicted octanol–water partition coefficient (Wildman–Crippen LogP) is 6.39. The molecule has 2 atom stereocenters. The van der Waals surface area contributed by atoms with Crippen LogP contribution in [0.2, 0.25) is 5.02 Å². The maximum absolute atomic E-state index is 6.00. The van der Waals surface area contributed by atoms with Gasteiger partial charge in [-0.3, -0.25) is 0 Å². The topological polar surface area (TPSA) is 21.3 Å². The summed E-state index contributed by atoms with van der Waals surface area (Å²) in [5.74, 6) is 0.767. The Bertz CT molecular complexity index is 525. The van der Waals surface area contributed by atoms with Crippen LogP contribution in [0.25, 0.3) is 0 Å². The summed E-state index contributed by atoms with van der Waals surface area (Å²) in [5, 5.41) is 4.52. The number of halogens is 1.